The van der Waals surface area contributed by atoms with Crippen LogP contribution in [0.4, 0.5) is 5.82 Å². The van der Waals surface area contributed by atoms with Gasteiger partial charge in [0.05, 0.1) is 11.3 Å². The highest BCUT2D eigenvalue weighted by Crippen LogP contribution is 2.17. The average molecular weight is 329 g/mol. The molecule has 130 valence electrons. The minimum atomic E-state index is -0.0492. The lowest BCUT2D eigenvalue weighted by Gasteiger charge is -2.08. The van der Waals surface area contributed by atoms with Gasteiger partial charge < -0.3 is 10.6 Å². The van der Waals surface area contributed by atoms with E-state index in [2.05, 4.69) is 34.6 Å². The smallest absolute Gasteiger partial charge is 0.254 e. The van der Waals surface area contributed by atoms with E-state index in [-0.39, 0.29) is 11.8 Å². The van der Waals surface area contributed by atoms with Gasteiger partial charge in [-0.25, -0.2) is 4.98 Å². The molecule has 0 unspecified atom stereocenters. The molecule has 0 bridgehead atoms. The van der Waals surface area contributed by atoms with Crippen molar-refractivity contribution in [2.75, 3.05) is 18.4 Å². The molecule has 0 spiro atoms. The largest absolute Gasteiger partial charge is 0.370 e. The number of carbonyl (C=O) groups excluding carboxylic acids is 1. The van der Waals surface area contributed by atoms with E-state index < -0.39 is 0 Å². The molecule has 1 amide bonds. The van der Waals surface area contributed by atoms with Gasteiger partial charge in [0.15, 0.2) is 0 Å². The van der Waals surface area contributed by atoms with Gasteiger partial charge in [-0.05, 0) is 37.8 Å². The van der Waals surface area contributed by atoms with Crippen molar-refractivity contribution < 1.29 is 4.79 Å². The molecule has 0 aliphatic carbocycles. The first kappa shape index (κ1) is 18.0. The van der Waals surface area contributed by atoms with E-state index in [0.29, 0.717) is 12.1 Å². The summed E-state index contributed by atoms with van der Waals surface area (Å²) in [6, 6.07) is 3.98. The zero-order valence-corrected chi connectivity index (χ0v) is 15.0. The number of hydrogen-bond acceptors (Lipinski definition) is 4. The van der Waals surface area contributed by atoms with Gasteiger partial charge >= 0.3 is 0 Å². The van der Waals surface area contributed by atoms with Gasteiger partial charge in [-0.1, -0.05) is 19.9 Å². The predicted molar refractivity (Wildman–Crippen MR) is 96.4 cm³/mol. The van der Waals surface area contributed by atoms with Gasteiger partial charge in [0, 0.05) is 32.0 Å². The van der Waals surface area contributed by atoms with Crippen LogP contribution in [0.2, 0.25) is 0 Å². The van der Waals surface area contributed by atoms with Crippen molar-refractivity contribution in [1.82, 2.24) is 20.1 Å². The maximum absolute atomic E-state index is 12.4. The molecule has 0 fully saturated rings. The molecular weight excluding hydrogens is 302 g/mol. The van der Waals surface area contributed by atoms with E-state index in [9.17, 15) is 4.79 Å². The molecule has 2 aromatic rings. The van der Waals surface area contributed by atoms with Crippen molar-refractivity contribution >= 4 is 11.7 Å². The third-order valence-electron chi connectivity index (χ3n) is 3.76. The van der Waals surface area contributed by atoms with Crippen LogP contribution in [-0.4, -0.2) is 33.8 Å². The van der Waals surface area contributed by atoms with Gasteiger partial charge in [0.2, 0.25) is 0 Å². The monoisotopic (exact) mass is 329 g/mol. The van der Waals surface area contributed by atoms with Crippen LogP contribution in [0, 0.1) is 6.92 Å². The van der Waals surface area contributed by atoms with Crippen molar-refractivity contribution in [3.8, 4) is 0 Å². The Labute approximate surface area is 143 Å². The Hall–Kier alpha value is -2.37. The summed E-state index contributed by atoms with van der Waals surface area (Å²) in [5.74, 6) is 1.04. The number of nitrogens with zero attached hydrogens (tertiary/aromatic N) is 3. The highest BCUT2D eigenvalue weighted by molar-refractivity contribution is 5.95. The van der Waals surface area contributed by atoms with Crippen LogP contribution in [0.5, 0.6) is 0 Å². The lowest BCUT2D eigenvalue weighted by molar-refractivity contribution is 0.0952. The molecule has 6 heteroatoms. The Morgan fingerprint density at radius 3 is 2.71 bits per heavy atom. The maximum atomic E-state index is 12.4. The summed E-state index contributed by atoms with van der Waals surface area (Å²) in [5, 5.41) is 10.7. The van der Waals surface area contributed by atoms with Crippen molar-refractivity contribution in [2.45, 2.75) is 46.6 Å². The third-order valence-corrected chi connectivity index (χ3v) is 3.76. The molecular formula is C18H27N5O. The van der Waals surface area contributed by atoms with Crippen LogP contribution in [0.25, 0.3) is 0 Å². The number of anilines is 1. The maximum Gasteiger partial charge on any atom is 0.254 e. The second-order valence-corrected chi connectivity index (χ2v) is 6.20. The summed E-state index contributed by atoms with van der Waals surface area (Å²) in [4.78, 5) is 16.7. The van der Waals surface area contributed by atoms with E-state index in [1.807, 2.05) is 43.1 Å². The Balaban J connectivity index is 1.79. The van der Waals surface area contributed by atoms with Crippen LogP contribution < -0.4 is 10.6 Å². The van der Waals surface area contributed by atoms with E-state index in [4.69, 9.17) is 0 Å². The molecule has 0 aliphatic rings. The van der Waals surface area contributed by atoms with Gasteiger partial charge in [0.25, 0.3) is 5.91 Å². The number of pyridine rings is 1. The summed E-state index contributed by atoms with van der Waals surface area (Å²) in [7, 11) is 0. The summed E-state index contributed by atoms with van der Waals surface area (Å²) in [5.41, 5.74) is 2.68. The Kier molecular flexibility index (Phi) is 6.35. The Morgan fingerprint density at radius 2 is 2.08 bits per heavy atom. The zero-order chi connectivity index (χ0) is 17.5. The van der Waals surface area contributed by atoms with Crippen molar-refractivity contribution in [2.24, 2.45) is 0 Å². The van der Waals surface area contributed by atoms with E-state index in [0.717, 1.165) is 36.6 Å². The average Bonchev–Trinajstić information content (AvgIpc) is 3.01. The van der Waals surface area contributed by atoms with Gasteiger partial charge in [-0.2, -0.15) is 5.10 Å². The van der Waals surface area contributed by atoms with Crippen LogP contribution in [0.15, 0.2) is 24.5 Å². The van der Waals surface area contributed by atoms with Gasteiger partial charge in [0.1, 0.15) is 5.82 Å². The molecule has 2 aromatic heterocycles. The minimum Gasteiger partial charge on any atom is -0.370 e. The van der Waals surface area contributed by atoms with Crippen molar-refractivity contribution in [1.29, 1.82) is 0 Å². The zero-order valence-electron chi connectivity index (χ0n) is 15.0. The fraction of sp³-hybridized carbons (Fsp3) is 0.500. The summed E-state index contributed by atoms with van der Waals surface area (Å²) < 4.78 is 1.81. The molecule has 0 aromatic carbocycles. The van der Waals surface area contributed by atoms with Crippen LogP contribution in [0.1, 0.15) is 54.7 Å². The Morgan fingerprint density at radius 1 is 1.29 bits per heavy atom. The quantitative estimate of drug-likeness (QED) is 0.730. The number of aryl methyl sites for hydroxylation is 2. The summed E-state index contributed by atoms with van der Waals surface area (Å²) in [6.07, 6.45) is 4.50. The molecule has 24 heavy (non-hydrogen) atoms. The second-order valence-electron chi connectivity index (χ2n) is 6.20. The minimum absolute atomic E-state index is 0.0492. The molecule has 2 rings (SSSR count). The molecule has 0 radical (unpaired) electrons. The van der Waals surface area contributed by atoms with Gasteiger partial charge in [-0.3, -0.25) is 9.48 Å². The van der Waals surface area contributed by atoms with E-state index in [1.165, 1.54) is 0 Å². The molecule has 0 atom stereocenters. The number of amides is 1. The molecule has 0 saturated carbocycles. The van der Waals surface area contributed by atoms with E-state index >= 15 is 0 Å². The summed E-state index contributed by atoms with van der Waals surface area (Å²) in [6.45, 7) is 10.3. The highest BCUT2D eigenvalue weighted by atomic mass is 16.1. The fourth-order valence-electron chi connectivity index (χ4n) is 2.37. The van der Waals surface area contributed by atoms with Gasteiger partial charge in [-0.15, -0.1) is 0 Å². The Bertz CT molecular complexity index is 661. The lowest BCUT2D eigenvalue weighted by atomic mass is 10.1. The van der Waals surface area contributed by atoms with Crippen molar-refractivity contribution in [3.63, 3.8) is 0 Å². The topological polar surface area (TPSA) is 71.8 Å². The number of rotatable bonds is 8. The second kappa shape index (κ2) is 8.47. The number of carbonyl (C=O) groups is 1. The molecule has 2 N–H and O–H groups in total. The molecule has 0 saturated heterocycles. The SMILES string of the molecule is CCn1cc(C(=O)NCCCNc2ccc(C)cn2)c(C(C)C)n1. The normalized spacial score (nSPS) is 10.9. The molecule has 0 aliphatic heterocycles. The summed E-state index contributed by atoms with van der Waals surface area (Å²) >= 11 is 0. The van der Waals surface area contributed by atoms with Crippen molar-refractivity contribution in [3.05, 3.63) is 41.3 Å². The number of aromatic nitrogens is 3. The standard InChI is InChI=1S/C18H27N5O/c1-5-23-12-15(17(22-23)13(2)3)18(24)20-10-6-9-19-16-8-7-14(4)11-21-16/h7-8,11-13H,5-6,9-10H2,1-4H3,(H,19,21)(H,20,24). The lowest BCUT2D eigenvalue weighted by Crippen LogP contribution is -2.26. The highest BCUT2D eigenvalue weighted by Gasteiger charge is 2.17. The first-order valence-electron chi connectivity index (χ1n) is 8.53. The molecule has 6 nitrogen and oxygen atoms in total. The van der Waals surface area contributed by atoms with E-state index in [1.54, 1.807) is 0 Å². The number of hydrogen-bond donors (Lipinski definition) is 2. The first-order chi connectivity index (χ1) is 11.5. The first-order valence-corrected chi connectivity index (χ1v) is 8.53. The van der Waals surface area contributed by atoms with Crippen LogP contribution >= 0.6 is 0 Å². The van der Waals surface area contributed by atoms with Crippen LogP contribution in [-0.2, 0) is 6.54 Å². The molecule has 2 heterocycles. The fourth-order valence-corrected chi connectivity index (χ4v) is 2.37. The van der Waals surface area contributed by atoms with Crippen LogP contribution in [0.3, 0.4) is 0 Å². The third kappa shape index (κ3) is 4.81. The predicted octanol–water partition coefficient (Wildman–Crippen LogP) is 2.96. The number of nitrogens with one attached hydrogen (secondary N) is 2.